The molecule has 8 nitrogen and oxygen atoms in total. The van der Waals surface area contributed by atoms with Gasteiger partial charge in [0.1, 0.15) is 23.0 Å². The molecule has 3 aromatic carbocycles. The fourth-order valence-electron chi connectivity index (χ4n) is 5.90. The van der Waals surface area contributed by atoms with Gasteiger partial charge in [-0.1, -0.05) is 139 Å². The number of hydrazine groups is 1. The van der Waals surface area contributed by atoms with Crippen molar-refractivity contribution in [2.24, 2.45) is 4.99 Å². The SMILES string of the molecule is C.CCCCCCCCCCCCC(Oc1ccc(O)c(C(C)(C)C)c1)C(=O)Nc1ccc(Cl)c(N=C2CC(=O)N(c3c(Cl)cc(Cl)cc3Cl)N2)c1. The van der Waals surface area contributed by atoms with E-state index in [2.05, 4.69) is 22.7 Å². The number of rotatable bonds is 17. The van der Waals surface area contributed by atoms with Crippen molar-refractivity contribution in [3.63, 3.8) is 0 Å². The number of phenolic OH excluding ortho intramolecular Hbond substituents is 1. The zero-order valence-electron chi connectivity index (χ0n) is 29.8. The summed E-state index contributed by atoms with van der Waals surface area (Å²) in [5.41, 5.74) is 4.44. The second-order valence-electron chi connectivity index (χ2n) is 14.0. The van der Waals surface area contributed by atoms with E-state index in [1.807, 2.05) is 20.8 Å². The lowest BCUT2D eigenvalue weighted by atomic mass is 9.86. The number of phenols is 1. The normalized spacial score (nSPS) is 14.3. The zero-order chi connectivity index (χ0) is 37.1. The maximum Gasteiger partial charge on any atom is 0.265 e. The topological polar surface area (TPSA) is 103 Å². The minimum atomic E-state index is -0.779. The number of benzene rings is 3. The number of aliphatic imine (C=N–C) groups is 1. The van der Waals surface area contributed by atoms with Gasteiger partial charge in [0.15, 0.2) is 6.10 Å². The van der Waals surface area contributed by atoms with Crippen LogP contribution in [0.3, 0.4) is 0 Å². The van der Waals surface area contributed by atoms with E-state index >= 15 is 0 Å². The van der Waals surface area contributed by atoms with E-state index in [0.29, 0.717) is 39.4 Å². The third-order valence-corrected chi connectivity index (χ3v) is 9.76. The molecule has 3 aromatic rings. The molecule has 2 amide bonds. The Bertz CT molecular complexity index is 1690. The summed E-state index contributed by atoms with van der Waals surface area (Å²) < 4.78 is 6.32. The average Bonchev–Trinajstić information content (AvgIpc) is 3.41. The van der Waals surface area contributed by atoms with Crippen LogP contribution in [0.25, 0.3) is 0 Å². The van der Waals surface area contributed by atoms with Crippen LogP contribution in [0.2, 0.25) is 20.1 Å². The number of hydrogen-bond acceptors (Lipinski definition) is 5. The molecule has 1 unspecified atom stereocenters. The van der Waals surface area contributed by atoms with E-state index in [0.717, 1.165) is 24.8 Å². The molecule has 0 aromatic heterocycles. The largest absolute Gasteiger partial charge is 0.508 e. The minimum Gasteiger partial charge on any atom is -0.508 e. The van der Waals surface area contributed by atoms with Crippen molar-refractivity contribution in [3.8, 4) is 11.5 Å². The van der Waals surface area contributed by atoms with Crippen LogP contribution in [0.1, 0.15) is 118 Å². The van der Waals surface area contributed by atoms with E-state index < -0.39 is 6.10 Å². The molecule has 1 heterocycles. The Morgan fingerprint density at radius 3 is 2.13 bits per heavy atom. The van der Waals surface area contributed by atoms with Crippen LogP contribution in [0, 0.1) is 0 Å². The van der Waals surface area contributed by atoms with Crippen molar-refractivity contribution in [1.29, 1.82) is 0 Å². The monoisotopic (exact) mass is 792 g/mol. The molecule has 1 saturated heterocycles. The number of ether oxygens (including phenoxy) is 1. The smallest absolute Gasteiger partial charge is 0.265 e. The van der Waals surface area contributed by atoms with Gasteiger partial charge in [-0.2, -0.15) is 0 Å². The van der Waals surface area contributed by atoms with Gasteiger partial charge in [-0.05, 0) is 66.8 Å². The number of aromatic hydroxyl groups is 1. The van der Waals surface area contributed by atoms with E-state index in [1.54, 1.807) is 36.4 Å². The second kappa shape index (κ2) is 20.3. The molecule has 12 heteroatoms. The Labute approximate surface area is 329 Å². The van der Waals surface area contributed by atoms with Crippen LogP contribution >= 0.6 is 46.4 Å². The van der Waals surface area contributed by atoms with Crippen LogP contribution in [-0.2, 0) is 15.0 Å². The molecule has 0 bridgehead atoms. The van der Waals surface area contributed by atoms with Crippen molar-refractivity contribution in [3.05, 3.63) is 74.2 Å². The number of anilines is 2. The van der Waals surface area contributed by atoms with Gasteiger partial charge >= 0.3 is 0 Å². The molecule has 1 fully saturated rings. The fraction of sp³-hybridized carbons (Fsp3) is 0.475. The van der Waals surface area contributed by atoms with Gasteiger partial charge in [0.05, 0.1) is 27.2 Å². The molecule has 0 spiro atoms. The predicted octanol–water partition coefficient (Wildman–Crippen LogP) is 12.6. The first-order valence-electron chi connectivity index (χ1n) is 17.7. The van der Waals surface area contributed by atoms with Crippen molar-refractivity contribution < 1.29 is 19.4 Å². The van der Waals surface area contributed by atoms with Gasteiger partial charge in [0.25, 0.3) is 11.8 Å². The number of carbonyl (C=O) groups is 2. The first kappa shape index (κ1) is 43.2. The lowest BCUT2D eigenvalue weighted by Gasteiger charge is -2.23. The maximum absolute atomic E-state index is 13.8. The number of amides is 2. The molecule has 0 saturated carbocycles. The van der Waals surface area contributed by atoms with Gasteiger partial charge in [0, 0.05) is 16.3 Å². The molecular formula is C40H52Cl4N4O4. The maximum atomic E-state index is 13.8. The molecule has 1 aliphatic heterocycles. The summed E-state index contributed by atoms with van der Waals surface area (Å²) in [5, 5.41) is 15.8. The number of halogens is 4. The van der Waals surface area contributed by atoms with Crippen LogP contribution in [0.15, 0.2) is 53.5 Å². The van der Waals surface area contributed by atoms with Gasteiger partial charge in [-0.15, -0.1) is 0 Å². The second-order valence-corrected chi connectivity index (χ2v) is 15.6. The van der Waals surface area contributed by atoms with Crippen molar-refractivity contribution in [2.45, 2.75) is 124 Å². The fourth-order valence-corrected chi connectivity index (χ4v) is 7.05. The minimum absolute atomic E-state index is 0. The standard InChI is InChI=1S/C39H48Cl4N4O4.CH4/c1-5-6-7-8-9-10-11-12-13-14-15-34(51-27-17-19-33(48)28(23-27)39(2,3)4)38(50)44-26-16-18-29(41)32(22-26)45-35-24-36(49)47(46-35)37-30(42)20-25(40)21-31(37)43;/h16-23,34,48H,5-15,24H2,1-4H3,(H,44,50)(H,45,46);1H4. The van der Waals surface area contributed by atoms with Gasteiger partial charge < -0.3 is 15.2 Å². The lowest BCUT2D eigenvalue weighted by molar-refractivity contribution is -0.123. The van der Waals surface area contributed by atoms with Crippen LogP contribution in [0.4, 0.5) is 17.1 Å². The molecule has 0 radical (unpaired) electrons. The highest BCUT2D eigenvalue weighted by atomic mass is 35.5. The number of amidine groups is 1. The summed E-state index contributed by atoms with van der Waals surface area (Å²) in [6.45, 7) is 8.27. The Kier molecular flexibility index (Phi) is 16.9. The van der Waals surface area contributed by atoms with Crippen LogP contribution in [-0.4, -0.2) is 28.9 Å². The lowest BCUT2D eigenvalue weighted by Crippen LogP contribution is -2.36. The molecule has 4 rings (SSSR count). The van der Waals surface area contributed by atoms with Crippen LogP contribution < -0.4 is 20.5 Å². The first-order chi connectivity index (χ1) is 24.3. The Balaban J connectivity index is 0.00000729. The molecular weight excluding hydrogens is 742 g/mol. The quantitative estimate of drug-likeness (QED) is 0.118. The van der Waals surface area contributed by atoms with E-state index in [4.69, 9.17) is 51.1 Å². The van der Waals surface area contributed by atoms with Crippen molar-refractivity contribution >= 4 is 81.1 Å². The predicted molar refractivity (Wildman–Crippen MR) is 218 cm³/mol. The first-order valence-corrected chi connectivity index (χ1v) is 19.2. The summed E-state index contributed by atoms with van der Waals surface area (Å²) in [7, 11) is 0. The molecule has 1 aliphatic rings. The summed E-state index contributed by atoms with van der Waals surface area (Å²) in [6, 6.07) is 13.0. The summed E-state index contributed by atoms with van der Waals surface area (Å²) in [6.07, 6.45) is 11.5. The Morgan fingerprint density at radius 1 is 0.904 bits per heavy atom. The summed E-state index contributed by atoms with van der Waals surface area (Å²) in [5.74, 6) is 0.370. The number of unbranched alkanes of at least 4 members (excludes halogenated alkanes) is 9. The van der Waals surface area contributed by atoms with Crippen molar-refractivity contribution in [2.75, 3.05) is 10.3 Å². The molecule has 52 heavy (non-hydrogen) atoms. The molecule has 1 atom stereocenters. The molecule has 3 N–H and O–H groups in total. The third kappa shape index (κ3) is 12.5. The number of hydrogen-bond donors (Lipinski definition) is 3. The van der Waals surface area contributed by atoms with Gasteiger partial charge in [0.2, 0.25) is 0 Å². The van der Waals surface area contributed by atoms with Crippen molar-refractivity contribution in [1.82, 2.24) is 5.43 Å². The average molecular weight is 795 g/mol. The zero-order valence-corrected chi connectivity index (χ0v) is 32.8. The highest BCUT2D eigenvalue weighted by Gasteiger charge is 2.31. The number of nitrogens with zero attached hydrogens (tertiary/aromatic N) is 2. The highest BCUT2D eigenvalue weighted by molar-refractivity contribution is 6.42. The highest BCUT2D eigenvalue weighted by Crippen LogP contribution is 2.38. The number of nitrogens with one attached hydrogen (secondary N) is 2. The third-order valence-electron chi connectivity index (χ3n) is 8.65. The Morgan fingerprint density at radius 2 is 1.52 bits per heavy atom. The van der Waals surface area contributed by atoms with Crippen LogP contribution in [0.5, 0.6) is 11.5 Å². The Hall–Kier alpha value is -3.17. The number of carbonyl (C=O) groups excluding carboxylic acids is 2. The molecule has 0 aliphatic carbocycles. The van der Waals surface area contributed by atoms with E-state index in [1.165, 1.54) is 62.1 Å². The summed E-state index contributed by atoms with van der Waals surface area (Å²) >= 11 is 25.2. The van der Waals surface area contributed by atoms with Gasteiger partial charge in [-0.3, -0.25) is 15.0 Å². The van der Waals surface area contributed by atoms with E-state index in [-0.39, 0.29) is 52.6 Å². The molecule has 284 valence electrons. The van der Waals surface area contributed by atoms with Gasteiger partial charge in [-0.25, -0.2) is 10.0 Å². The van der Waals surface area contributed by atoms with E-state index in [9.17, 15) is 14.7 Å². The summed E-state index contributed by atoms with van der Waals surface area (Å²) in [4.78, 5) is 31.3.